The van der Waals surface area contributed by atoms with Gasteiger partial charge in [-0.1, -0.05) is 18.2 Å². The van der Waals surface area contributed by atoms with Crippen LogP contribution in [-0.4, -0.2) is 30.3 Å². The summed E-state index contributed by atoms with van der Waals surface area (Å²) in [6.07, 6.45) is 4.00. The largest absolute Gasteiger partial charge is 0.497 e. The predicted molar refractivity (Wildman–Crippen MR) is 78.8 cm³/mol. The number of aliphatic hydroxyl groups excluding tert-OH is 1. The SMILES string of the molecule is COc1cccc(C(O)CNCCc2cccnc2)c1. The van der Waals surface area contributed by atoms with E-state index in [0.29, 0.717) is 6.54 Å². The van der Waals surface area contributed by atoms with Crippen molar-refractivity contribution < 1.29 is 9.84 Å². The average Bonchev–Trinajstić information content (AvgIpc) is 2.52. The quantitative estimate of drug-likeness (QED) is 0.757. The Balaban J connectivity index is 1.76. The lowest BCUT2D eigenvalue weighted by molar-refractivity contribution is 0.174. The first-order valence-electron chi connectivity index (χ1n) is 6.71. The fourth-order valence-corrected chi connectivity index (χ4v) is 1.98. The molecule has 1 unspecified atom stereocenters. The van der Waals surface area contributed by atoms with E-state index < -0.39 is 6.10 Å². The highest BCUT2D eigenvalue weighted by Gasteiger charge is 2.07. The second kappa shape index (κ2) is 7.62. The summed E-state index contributed by atoms with van der Waals surface area (Å²) in [7, 11) is 1.62. The molecule has 4 heteroatoms. The molecule has 0 aliphatic rings. The molecule has 2 aromatic rings. The summed E-state index contributed by atoms with van der Waals surface area (Å²) >= 11 is 0. The molecule has 0 aliphatic carbocycles. The van der Waals surface area contributed by atoms with Gasteiger partial charge in [-0.05, 0) is 42.3 Å². The summed E-state index contributed by atoms with van der Waals surface area (Å²) in [6.45, 7) is 1.33. The summed E-state index contributed by atoms with van der Waals surface area (Å²) in [5.41, 5.74) is 2.05. The second-order valence-electron chi connectivity index (χ2n) is 4.61. The third kappa shape index (κ3) is 4.33. The Morgan fingerprint density at radius 2 is 2.20 bits per heavy atom. The fraction of sp³-hybridized carbons (Fsp3) is 0.312. The smallest absolute Gasteiger partial charge is 0.119 e. The van der Waals surface area contributed by atoms with E-state index in [2.05, 4.69) is 10.3 Å². The van der Waals surface area contributed by atoms with Crippen LogP contribution in [-0.2, 0) is 6.42 Å². The van der Waals surface area contributed by atoms with Gasteiger partial charge >= 0.3 is 0 Å². The van der Waals surface area contributed by atoms with Crippen LogP contribution in [0.2, 0.25) is 0 Å². The van der Waals surface area contributed by atoms with Crippen molar-refractivity contribution in [2.24, 2.45) is 0 Å². The van der Waals surface area contributed by atoms with Gasteiger partial charge in [0.2, 0.25) is 0 Å². The first-order chi connectivity index (χ1) is 9.79. The van der Waals surface area contributed by atoms with Crippen molar-refractivity contribution in [3.63, 3.8) is 0 Å². The second-order valence-corrected chi connectivity index (χ2v) is 4.61. The number of hydrogen-bond acceptors (Lipinski definition) is 4. The Hall–Kier alpha value is -1.91. The Kier molecular flexibility index (Phi) is 5.53. The predicted octanol–water partition coefficient (Wildman–Crippen LogP) is 1.96. The van der Waals surface area contributed by atoms with Gasteiger partial charge in [0.15, 0.2) is 0 Å². The lowest BCUT2D eigenvalue weighted by atomic mass is 10.1. The molecule has 1 aromatic heterocycles. The zero-order valence-electron chi connectivity index (χ0n) is 11.6. The Bertz CT molecular complexity index is 517. The Morgan fingerprint density at radius 1 is 1.30 bits per heavy atom. The number of nitrogens with one attached hydrogen (secondary N) is 1. The zero-order chi connectivity index (χ0) is 14.2. The fourth-order valence-electron chi connectivity index (χ4n) is 1.98. The van der Waals surface area contributed by atoms with Crippen molar-refractivity contribution in [2.75, 3.05) is 20.2 Å². The molecule has 4 nitrogen and oxygen atoms in total. The van der Waals surface area contributed by atoms with Crippen LogP contribution in [0.4, 0.5) is 0 Å². The Labute approximate surface area is 119 Å². The van der Waals surface area contributed by atoms with Crippen LogP contribution in [0, 0.1) is 0 Å². The summed E-state index contributed by atoms with van der Waals surface area (Å²) < 4.78 is 5.15. The van der Waals surface area contributed by atoms with Gasteiger partial charge in [0, 0.05) is 18.9 Å². The van der Waals surface area contributed by atoms with Gasteiger partial charge in [-0.3, -0.25) is 4.98 Å². The van der Waals surface area contributed by atoms with Crippen molar-refractivity contribution in [1.82, 2.24) is 10.3 Å². The molecule has 2 N–H and O–H groups in total. The van der Waals surface area contributed by atoms with E-state index >= 15 is 0 Å². The van der Waals surface area contributed by atoms with E-state index in [-0.39, 0.29) is 0 Å². The normalized spacial score (nSPS) is 12.1. The van der Waals surface area contributed by atoms with Crippen molar-refractivity contribution in [2.45, 2.75) is 12.5 Å². The average molecular weight is 272 g/mol. The molecular formula is C16H20N2O2. The molecule has 1 aromatic carbocycles. The molecule has 0 spiro atoms. The van der Waals surface area contributed by atoms with Gasteiger partial charge in [0.1, 0.15) is 5.75 Å². The van der Waals surface area contributed by atoms with Crippen molar-refractivity contribution in [1.29, 1.82) is 0 Å². The van der Waals surface area contributed by atoms with Crippen LogP contribution < -0.4 is 10.1 Å². The van der Waals surface area contributed by atoms with Crippen LogP contribution >= 0.6 is 0 Å². The van der Waals surface area contributed by atoms with E-state index in [1.807, 2.05) is 42.6 Å². The molecule has 0 bridgehead atoms. The summed E-state index contributed by atoms with van der Waals surface area (Å²) in [5, 5.41) is 13.4. The monoisotopic (exact) mass is 272 g/mol. The summed E-state index contributed by atoms with van der Waals surface area (Å²) in [4.78, 5) is 4.07. The number of benzene rings is 1. The molecule has 106 valence electrons. The molecule has 0 fully saturated rings. The van der Waals surface area contributed by atoms with Gasteiger partial charge in [0.25, 0.3) is 0 Å². The maximum Gasteiger partial charge on any atom is 0.119 e. The van der Waals surface area contributed by atoms with Crippen LogP contribution in [0.25, 0.3) is 0 Å². The lowest BCUT2D eigenvalue weighted by Gasteiger charge is -2.13. The summed E-state index contributed by atoms with van der Waals surface area (Å²) in [6, 6.07) is 11.5. The third-order valence-electron chi connectivity index (χ3n) is 3.13. The molecular weight excluding hydrogens is 252 g/mol. The van der Waals surface area contributed by atoms with E-state index in [4.69, 9.17) is 4.74 Å². The number of pyridine rings is 1. The van der Waals surface area contributed by atoms with Gasteiger partial charge in [-0.15, -0.1) is 0 Å². The molecule has 0 radical (unpaired) electrons. The minimum atomic E-state index is -0.529. The van der Waals surface area contributed by atoms with Crippen LogP contribution in [0.1, 0.15) is 17.2 Å². The van der Waals surface area contributed by atoms with E-state index in [9.17, 15) is 5.11 Å². The standard InChI is InChI=1S/C16H20N2O2/c1-20-15-6-2-5-14(10-15)16(19)12-18-9-7-13-4-3-8-17-11-13/h2-6,8,10-11,16,18-19H,7,9,12H2,1H3. The highest BCUT2D eigenvalue weighted by molar-refractivity contribution is 5.29. The number of aromatic nitrogens is 1. The maximum atomic E-state index is 10.1. The van der Waals surface area contributed by atoms with Gasteiger partial charge in [0.05, 0.1) is 13.2 Å². The van der Waals surface area contributed by atoms with Gasteiger partial charge in [-0.25, -0.2) is 0 Å². The molecule has 0 aliphatic heterocycles. The maximum absolute atomic E-state index is 10.1. The number of hydrogen-bond donors (Lipinski definition) is 2. The third-order valence-corrected chi connectivity index (χ3v) is 3.13. The van der Waals surface area contributed by atoms with Gasteiger partial charge < -0.3 is 15.2 Å². The highest BCUT2D eigenvalue weighted by Crippen LogP contribution is 2.18. The molecule has 1 heterocycles. The van der Waals surface area contributed by atoms with Crippen LogP contribution in [0.15, 0.2) is 48.8 Å². The van der Waals surface area contributed by atoms with E-state index in [1.54, 1.807) is 13.3 Å². The topological polar surface area (TPSA) is 54.4 Å². The molecule has 1 atom stereocenters. The van der Waals surface area contributed by atoms with Gasteiger partial charge in [-0.2, -0.15) is 0 Å². The molecule has 0 saturated heterocycles. The number of methoxy groups -OCH3 is 1. The summed E-state index contributed by atoms with van der Waals surface area (Å²) in [5.74, 6) is 0.761. The van der Waals surface area contributed by atoms with Crippen LogP contribution in [0.3, 0.4) is 0 Å². The van der Waals surface area contributed by atoms with Crippen molar-refractivity contribution in [3.8, 4) is 5.75 Å². The van der Waals surface area contributed by atoms with E-state index in [0.717, 1.165) is 24.3 Å². The lowest BCUT2D eigenvalue weighted by Crippen LogP contribution is -2.23. The highest BCUT2D eigenvalue weighted by atomic mass is 16.5. The molecule has 0 saturated carbocycles. The van der Waals surface area contributed by atoms with Crippen molar-refractivity contribution in [3.05, 3.63) is 59.9 Å². The number of nitrogens with zero attached hydrogens (tertiary/aromatic N) is 1. The number of ether oxygens (including phenoxy) is 1. The minimum absolute atomic E-state index is 0.521. The molecule has 20 heavy (non-hydrogen) atoms. The number of rotatable bonds is 7. The molecule has 2 rings (SSSR count). The Morgan fingerprint density at radius 3 is 2.95 bits per heavy atom. The van der Waals surface area contributed by atoms with Crippen LogP contribution in [0.5, 0.6) is 5.75 Å². The number of aliphatic hydroxyl groups is 1. The van der Waals surface area contributed by atoms with Crippen molar-refractivity contribution >= 4 is 0 Å². The van der Waals surface area contributed by atoms with E-state index in [1.165, 1.54) is 5.56 Å². The molecule has 0 amide bonds. The first kappa shape index (κ1) is 14.5. The first-order valence-corrected chi connectivity index (χ1v) is 6.71. The zero-order valence-corrected chi connectivity index (χ0v) is 11.6. The minimum Gasteiger partial charge on any atom is -0.497 e.